The molecule has 0 radical (unpaired) electrons. The van der Waals surface area contributed by atoms with Crippen LogP contribution < -0.4 is 10.6 Å². The number of anilines is 1. The maximum atomic E-state index is 14.6. The molecule has 0 aliphatic heterocycles. The monoisotopic (exact) mass is 483 g/mol. The maximum absolute atomic E-state index is 14.6. The van der Waals surface area contributed by atoms with Crippen molar-refractivity contribution in [3.05, 3.63) is 59.7 Å². The van der Waals surface area contributed by atoms with Gasteiger partial charge in [0.2, 0.25) is 0 Å². The highest BCUT2D eigenvalue weighted by molar-refractivity contribution is 5.94. The number of aromatic nitrogens is 5. The van der Waals surface area contributed by atoms with Crippen molar-refractivity contribution in [3.8, 4) is 11.4 Å². The fourth-order valence-corrected chi connectivity index (χ4v) is 4.71. The SMILES string of the molecule is Cc1ncn(C)c1C(=O)N[C@@H]1CCC[C@H](Nc2nc(-c3c[nH]c4c(F)cc(F)cc34)ncc2F)C1. The highest BCUT2D eigenvalue weighted by Crippen LogP contribution is 2.30. The topological polar surface area (TPSA) is 101 Å². The molecule has 3 N–H and O–H groups in total. The molecular formula is C24H24F3N7O. The molecule has 1 aliphatic rings. The molecule has 2 atom stereocenters. The Morgan fingerprint density at radius 1 is 1.14 bits per heavy atom. The van der Waals surface area contributed by atoms with Gasteiger partial charge in [0, 0.05) is 42.3 Å². The fraction of sp³-hybridized carbons (Fsp3) is 0.333. The summed E-state index contributed by atoms with van der Waals surface area (Å²) in [5.41, 5.74) is 1.65. The Kier molecular flexibility index (Phi) is 5.91. The van der Waals surface area contributed by atoms with Crippen LogP contribution in [0.4, 0.5) is 19.0 Å². The van der Waals surface area contributed by atoms with Crippen LogP contribution in [0.15, 0.2) is 30.9 Å². The molecule has 1 aliphatic carbocycles. The van der Waals surface area contributed by atoms with E-state index in [1.807, 2.05) is 0 Å². The first-order valence-electron chi connectivity index (χ1n) is 11.3. The Bertz CT molecular complexity index is 1390. The number of halogens is 3. The van der Waals surface area contributed by atoms with E-state index in [0.29, 0.717) is 23.4 Å². The largest absolute Gasteiger partial charge is 0.365 e. The zero-order valence-electron chi connectivity index (χ0n) is 19.2. The second-order valence-electron chi connectivity index (χ2n) is 8.87. The van der Waals surface area contributed by atoms with E-state index in [4.69, 9.17) is 0 Å². The van der Waals surface area contributed by atoms with Crippen LogP contribution >= 0.6 is 0 Å². The van der Waals surface area contributed by atoms with Crippen LogP contribution in [0.2, 0.25) is 0 Å². The van der Waals surface area contributed by atoms with Gasteiger partial charge >= 0.3 is 0 Å². The molecule has 1 saturated carbocycles. The first-order valence-corrected chi connectivity index (χ1v) is 11.3. The smallest absolute Gasteiger partial charge is 0.270 e. The van der Waals surface area contributed by atoms with E-state index in [0.717, 1.165) is 31.5 Å². The van der Waals surface area contributed by atoms with Crippen molar-refractivity contribution in [1.29, 1.82) is 0 Å². The summed E-state index contributed by atoms with van der Waals surface area (Å²) in [5, 5.41) is 6.46. The lowest BCUT2D eigenvalue weighted by molar-refractivity contribution is 0.0917. The van der Waals surface area contributed by atoms with Crippen molar-refractivity contribution in [2.24, 2.45) is 7.05 Å². The molecule has 0 spiro atoms. The Morgan fingerprint density at radius 2 is 1.94 bits per heavy atom. The van der Waals surface area contributed by atoms with Gasteiger partial charge < -0.3 is 20.2 Å². The lowest BCUT2D eigenvalue weighted by atomic mass is 9.91. The second-order valence-corrected chi connectivity index (χ2v) is 8.87. The van der Waals surface area contributed by atoms with E-state index in [9.17, 15) is 18.0 Å². The molecule has 8 nitrogen and oxygen atoms in total. The summed E-state index contributed by atoms with van der Waals surface area (Å²) >= 11 is 0. The van der Waals surface area contributed by atoms with E-state index >= 15 is 0 Å². The van der Waals surface area contributed by atoms with Gasteiger partial charge in [-0.25, -0.2) is 28.1 Å². The van der Waals surface area contributed by atoms with Gasteiger partial charge in [-0.1, -0.05) is 0 Å². The third kappa shape index (κ3) is 4.45. The number of imidazole rings is 1. The zero-order chi connectivity index (χ0) is 24.7. The summed E-state index contributed by atoms with van der Waals surface area (Å²) in [6.45, 7) is 1.78. The lowest BCUT2D eigenvalue weighted by Gasteiger charge is -2.30. The highest BCUT2D eigenvalue weighted by atomic mass is 19.1. The summed E-state index contributed by atoms with van der Waals surface area (Å²) in [6.07, 6.45) is 7.12. The van der Waals surface area contributed by atoms with Gasteiger partial charge in [-0.15, -0.1) is 0 Å². The highest BCUT2D eigenvalue weighted by Gasteiger charge is 2.26. The average Bonchev–Trinajstić information content (AvgIpc) is 3.38. The van der Waals surface area contributed by atoms with Gasteiger partial charge in [0.15, 0.2) is 17.5 Å². The van der Waals surface area contributed by atoms with Gasteiger partial charge in [-0.05, 0) is 38.7 Å². The summed E-state index contributed by atoms with van der Waals surface area (Å²) in [7, 11) is 1.77. The summed E-state index contributed by atoms with van der Waals surface area (Å²) in [5.74, 6) is -2.15. The van der Waals surface area contributed by atoms with Crippen LogP contribution in [0.1, 0.15) is 41.9 Å². The van der Waals surface area contributed by atoms with Gasteiger partial charge in [-0.3, -0.25) is 4.79 Å². The average molecular weight is 483 g/mol. The molecule has 0 bridgehead atoms. The van der Waals surface area contributed by atoms with E-state index < -0.39 is 17.5 Å². The molecule has 0 unspecified atom stereocenters. The quantitative estimate of drug-likeness (QED) is 0.394. The van der Waals surface area contributed by atoms with Crippen molar-refractivity contribution in [2.75, 3.05) is 5.32 Å². The lowest BCUT2D eigenvalue weighted by Crippen LogP contribution is -2.42. The number of fused-ring (bicyclic) bond motifs is 1. The van der Waals surface area contributed by atoms with Crippen LogP contribution in [-0.2, 0) is 7.05 Å². The van der Waals surface area contributed by atoms with E-state index in [-0.39, 0.29) is 40.5 Å². The van der Waals surface area contributed by atoms with Gasteiger partial charge in [0.05, 0.1) is 23.7 Å². The number of hydrogen-bond donors (Lipinski definition) is 3. The van der Waals surface area contributed by atoms with Crippen molar-refractivity contribution >= 4 is 22.6 Å². The van der Waals surface area contributed by atoms with Gasteiger partial charge in [0.1, 0.15) is 17.3 Å². The number of carbonyl (C=O) groups is 1. The van der Waals surface area contributed by atoms with Crippen LogP contribution in [0.5, 0.6) is 0 Å². The molecule has 1 amide bonds. The molecule has 3 aromatic heterocycles. The first-order chi connectivity index (χ1) is 16.8. The Hall–Kier alpha value is -3.89. The Labute approximate surface area is 199 Å². The van der Waals surface area contributed by atoms with E-state index in [1.54, 1.807) is 24.9 Å². The number of hydrogen-bond acceptors (Lipinski definition) is 5. The maximum Gasteiger partial charge on any atom is 0.270 e. The Balaban J connectivity index is 1.33. The number of nitrogens with one attached hydrogen (secondary N) is 3. The fourth-order valence-electron chi connectivity index (χ4n) is 4.71. The van der Waals surface area contributed by atoms with Gasteiger partial charge in [-0.2, -0.15) is 0 Å². The number of aromatic amines is 1. The minimum Gasteiger partial charge on any atom is -0.365 e. The minimum atomic E-state index is -0.733. The van der Waals surface area contributed by atoms with Gasteiger partial charge in [0.25, 0.3) is 5.91 Å². The van der Waals surface area contributed by atoms with Crippen molar-refractivity contribution in [3.63, 3.8) is 0 Å². The predicted octanol–water partition coefficient (Wildman–Crippen LogP) is 4.24. The Morgan fingerprint density at radius 3 is 2.71 bits per heavy atom. The van der Waals surface area contributed by atoms with Crippen LogP contribution in [-0.4, -0.2) is 42.5 Å². The molecule has 35 heavy (non-hydrogen) atoms. The van der Waals surface area contributed by atoms with E-state index in [1.165, 1.54) is 12.3 Å². The second kappa shape index (κ2) is 9.05. The van der Waals surface area contributed by atoms with Crippen LogP contribution in [0, 0.1) is 24.4 Å². The predicted molar refractivity (Wildman–Crippen MR) is 124 cm³/mol. The zero-order valence-corrected chi connectivity index (χ0v) is 19.2. The van der Waals surface area contributed by atoms with E-state index in [2.05, 4.69) is 30.6 Å². The minimum absolute atomic E-state index is 0.000630. The molecule has 3 heterocycles. The number of amides is 1. The summed E-state index contributed by atoms with van der Waals surface area (Å²) in [4.78, 5) is 28.0. The van der Waals surface area contributed by atoms with Crippen LogP contribution in [0.25, 0.3) is 22.3 Å². The molecule has 1 aromatic carbocycles. The molecule has 4 aromatic rings. The third-order valence-corrected chi connectivity index (χ3v) is 6.38. The number of nitrogens with zero attached hydrogens (tertiary/aromatic N) is 4. The first kappa shape index (κ1) is 22.9. The number of rotatable bonds is 5. The van der Waals surface area contributed by atoms with Crippen LogP contribution in [0.3, 0.4) is 0 Å². The molecule has 0 saturated heterocycles. The third-order valence-electron chi connectivity index (χ3n) is 6.38. The van der Waals surface area contributed by atoms with Crippen molar-refractivity contribution in [2.45, 2.75) is 44.7 Å². The molecular weight excluding hydrogens is 459 g/mol. The number of carbonyl (C=O) groups excluding carboxylic acids is 1. The van der Waals surface area contributed by atoms with Crippen molar-refractivity contribution in [1.82, 2.24) is 29.8 Å². The summed E-state index contributed by atoms with van der Waals surface area (Å²) in [6, 6.07) is 1.75. The van der Waals surface area contributed by atoms with Crippen molar-refractivity contribution < 1.29 is 18.0 Å². The standard InChI is InChI=1S/C24H24F3N7O/c1-12-21(34(2)11-30-12)24(35)32-15-5-3-4-14(8-15)31-23-19(27)10-29-22(33-23)17-9-28-20-16(17)6-13(25)7-18(20)26/h6-7,9-11,14-15,28H,3-5,8H2,1-2H3,(H,32,35)(H,29,31,33)/t14-,15+/m0/s1. The normalized spacial score (nSPS) is 18.1. The summed E-state index contributed by atoms with van der Waals surface area (Å²) < 4.78 is 44.1. The molecule has 5 rings (SSSR count). The number of H-pyrrole nitrogens is 1. The molecule has 1 fully saturated rings. The molecule has 182 valence electrons. The number of benzene rings is 1. The molecule has 11 heteroatoms. The number of aryl methyl sites for hydroxylation is 2.